The van der Waals surface area contributed by atoms with Crippen LogP contribution in [0, 0.1) is 6.92 Å². The summed E-state index contributed by atoms with van der Waals surface area (Å²) in [7, 11) is 0. The first-order valence-electron chi connectivity index (χ1n) is 10.9. The predicted octanol–water partition coefficient (Wildman–Crippen LogP) is 6.06. The molecule has 0 saturated heterocycles. The van der Waals surface area contributed by atoms with E-state index in [9.17, 15) is 18.0 Å². The minimum Gasteiger partial charge on any atom is -0.465 e. The number of anilines is 1. The van der Waals surface area contributed by atoms with Crippen molar-refractivity contribution in [3.05, 3.63) is 59.4 Å². The third-order valence-corrected chi connectivity index (χ3v) is 3.85. The monoisotopic (exact) mass is 468 g/mol. The lowest BCUT2D eigenvalue weighted by atomic mass is 10.2. The van der Waals surface area contributed by atoms with Gasteiger partial charge in [-0.15, -0.1) is 0 Å². The number of hydrogen-bond acceptors (Lipinski definition) is 5. The van der Waals surface area contributed by atoms with E-state index in [1.807, 2.05) is 58.9 Å². The topological polar surface area (TPSA) is 93.0 Å². The molecule has 6 nitrogen and oxygen atoms in total. The summed E-state index contributed by atoms with van der Waals surface area (Å²) in [6.07, 6.45) is -4.33. The Hall–Kier alpha value is -3.07. The number of esters is 1. The van der Waals surface area contributed by atoms with Crippen molar-refractivity contribution in [2.24, 2.45) is 5.73 Å². The maximum absolute atomic E-state index is 12.3. The zero-order valence-electron chi connectivity index (χ0n) is 20.1. The zero-order chi connectivity index (χ0) is 25.4. The van der Waals surface area contributed by atoms with E-state index in [0.29, 0.717) is 23.5 Å². The second-order valence-electron chi connectivity index (χ2n) is 6.14. The fourth-order valence-electron chi connectivity index (χ4n) is 2.39. The number of H-pyrrole nitrogens is 1. The Morgan fingerprint density at radius 1 is 1.09 bits per heavy atom. The zero-order valence-corrected chi connectivity index (χ0v) is 20.1. The molecule has 0 atom stereocenters. The van der Waals surface area contributed by atoms with Crippen molar-refractivity contribution in [1.82, 2.24) is 9.97 Å². The van der Waals surface area contributed by atoms with Crippen molar-refractivity contribution in [1.29, 1.82) is 0 Å². The fourth-order valence-corrected chi connectivity index (χ4v) is 2.39. The maximum Gasteiger partial charge on any atom is 0.416 e. The highest BCUT2D eigenvalue weighted by atomic mass is 19.4. The molecule has 0 amide bonds. The van der Waals surface area contributed by atoms with E-state index in [-0.39, 0.29) is 19.1 Å². The first-order chi connectivity index (χ1) is 15.7. The summed E-state index contributed by atoms with van der Waals surface area (Å²) in [5, 5.41) is 2.98. The molecule has 0 fully saturated rings. The van der Waals surface area contributed by atoms with Gasteiger partial charge in [-0.3, -0.25) is 4.79 Å². The van der Waals surface area contributed by atoms with Crippen LogP contribution in [-0.2, 0) is 22.3 Å². The number of nitrogens with two attached hydrogens (primary N) is 1. The molecule has 3 aromatic rings. The van der Waals surface area contributed by atoms with Gasteiger partial charge < -0.3 is 20.8 Å². The standard InChI is InChI=1S/C11H15NO2.C9H8F3N3.2C2H6/c1-3-14-11(13)8-12-10-6-4-9(2)5-7-10;10-9(11,12)5-1-2-6-7(3-5)15-8(4-13)14-6;2*1-2/h4-7,12H,3,8H2,1-2H3;1-3H,4,13H2,(H,14,15);2*1-2H3. The van der Waals surface area contributed by atoms with Crippen LogP contribution in [0.15, 0.2) is 42.5 Å². The van der Waals surface area contributed by atoms with E-state index in [2.05, 4.69) is 15.3 Å². The van der Waals surface area contributed by atoms with Gasteiger partial charge in [-0.1, -0.05) is 45.4 Å². The lowest BCUT2D eigenvalue weighted by molar-refractivity contribution is -0.141. The number of rotatable bonds is 5. The SMILES string of the molecule is CC.CC.CCOC(=O)CNc1ccc(C)cc1.NCc1nc2ccc(C(F)(F)F)cc2[nH]1. The van der Waals surface area contributed by atoms with Crippen LogP contribution in [0.3, 0.4) is 0 Å². The quantitative estimate of drug-likeness (QED) is 0.396. The average molecular weight is 469 g/mol. The Kier molecular flexibility index (Phi) is 14.2. The number of imidazole rings is 1. The van der Waals surface area contributed by atoms with Gasteiger partial charge in [-0.2, -0.15) is 13.2 Å². The molecule has 1 heterocycles. The number of halogens is 3. The number of aryl methyl sites for hydroxylation is 1. The molecule has 33 heavy (non-hydrogen) atoms. The van der Waals surface area contributed by atoms with Gasteiger partial charge in [0.25, 0.3) is 0 Å². The highest BCUT2D eigenvalue weighted by molar-refractivity contribution is 5.76. The number of nitrogens with one attached hydrogen (secondary N) is 2. The van der Waals surface area contributed by atoms with Gasteiger partial charge in [0.05, 0.1) is 29.7 Å². The van der Waals surface area contributed by atoms with Gasteiger partial charge >= 0.3 is 12.1 Å². The average Bonchev–Trinajstić information content (AvgIpc) is 3.24. The van der Waals surface area contributed by atoms with Gasteiger partial charge in [0.1, 0.15) is 12.4 Å². The smallest absolute Gasteiger partial charge is 0.416 e. The Bertz CT molecular complexity index is 939. The van der Waals surface area contributed by atoms with E-state index in [1.54, 1.807) is 6.92 Å². The molecule has 3 rings (SSSR count). The van der Waals surface area contributed by atoms with Crippen LogP contribution < -0.4 is 11.1 Å². The first-order valence-corrected chi connectivity index (χ1v) is 10.9. The van der Waals surface area contributed by atoms with Gasteiger partial charge in [0.15, 0.2) is 0 Å². The van der Waals surface area contributed by atoms with Gasteiger partial charge in [0.2, 0.25) is 0 Å². The molecule has 0 bridgehead atoms. The number of carbonyl (C=O) groups is 1. The number of aromatic amines is 1. The van der Waals surface area contributed by atoms with Gasteiger partial charge in [-0.25, -0.2) is 4.98 Å². The van der Waals surface area contributed by atoms with Crippen molar-refractivity contribution in [2.45, 2.75) is 54.3 Å². The van der Waals surface area contributed by atoms with Crippen LogP contribution in [0.1, 0.15) is 51.6 Å². The number of carbonyl (C=O) groups excluding carboxylic acids is 1. The molecule has 184 valence electrons. The summed E-state index contributed by atoms with van der Waals surface area (Å²) in [6.45, 7) is 12.6. The molecule has 2 aromatic carbocycles. The van der Waals surface area contributed by atoms with Gasteiger partial charge in [0, 0.05) is 5.69 Å². The maximum atomic E-state index is 12.3. The molecule has 9 heteroatoms. The number of fused-ring (bicyclic) bond motifs is 1. The van der Waals surface area contributed by atoms with Gasteiger partial charge in [-0.05, 0) is 44.2 Å². The third-order valence-electron chi connectivity index (χ3n) is 3.85. The van der Waals surface area contributed by atoms with Crippen LogP contribution in [0.25, 0.3) is 11.0 Å². The Morgan fingerprint density at radius 3 is 2.21 bits per heavy atom. The second kappa shape index (κ2) is 15.7. The summed E-state index contributed by atoms with van der Waals surface area (Å²) >= 11 is 0. The Morgan fingerprint density at radius 2 is 1.70 bits per heavy atom. The van der Waals surface area contributed by atoms with E-state index < -0.39 is 11.7 Å². The van der Waals surface area contributed by atoms with Crippen LogP contribution in [-0.4, -0.2) is 29.1 Å². The normalized spacial score (nSPS) is 10.0. The predicted molar refractivity (Wildman–Crippen MR) is 128 cm³/mol. The summed E-state index contributed by atoms with van der Waals surface area (Å²) in [5.41, 5.74) is 7.61. The van der Waals surface area contributed by atoms with Crippen LogP contribution >= 0.6 is 0 Å². The van der Waals surface area contributed by atoms with Crippen molar-refractivity contribution in [2.75, 3.05) is 18.5 Å². The molecule has 0 spiro atoms. The molecule has 0 unspecified atom stereocenters. The number of alkyl halides is 3. The molecular formula is C24H35F3N4O2. The summed E-state index contributed by atoms with van der Waals surface area (Å²) in [4.78, 5) is 17.7. The molecule has 0 radical (unpaired) electrons. The van der Waals surface area contributed by atoms with E-state index >= 15 is 0 Å². The number of aromatic nitrogens is 2. The molecule has 4 N–H and O–H groups in total. The molecule has 0 aliphatic heterocycles. The van der Waals surface area contributed by atoms with E-state index in [0.717, 1.165) is 17.8 Å². The molecule has 0 saturated carbocycles. The number of benzene rings is 2. The third kappa shape index (κ3) is 10.9. The minimum absolute atomic E-state index is 0.177. The molecular weight excluding hydrogens is 433 g/mol. The largest absolute Gasteiger partial charge is 0.465 e. The minimum atomic E-state index is -4.33. The van der Waals surface area contributed by atoms with Crippen molar-refractivity contribution in [3.63, 3.8) is 0 Å². The fraction of sp³-hybridized carbons (Fsp3) is 0.417. The Labute approximate surface area is 193 Å². The summed E-state index contributed by atoms with van der Waals surface area (Å²) < 4.78 is 41.8. The Balaban J connectivity index is 0.000000541. The van der Waals surface area contributed by atoms with Crippen LogP contribution in [0.5, 0.6) is 0 Å². The van der Waals surface area contributed by atoms with E-state index in [1.165, 1.54) is 11.6 Å². The van der Waals surface area contributed by atoms with Crippen molar-refractivity contribution in [3.8, 4) is 0 Å². The summed E-state index contributed by atoms with van der Waals surface area (Å²) in [6, 6.07) is 11.2. The molecule has 0 aliphatic rings. The number of hydrogen-bond donors (Lipinski definition) is 3. The lowest BCUT2D eigenvalue weighted by Crippen LogP contribution is -2.16. The lowest BCUT2D eigenvalue weighted by Gasteiger charge is -2.05. The highest BCUT2D eigenvalue weighted by Crippen LogP contribution is 2.30. The number of ether oxygens (including phenoxy) is 1. The summed E-state index contributed by atoms with van der Waals surface area (Å²) in [5.74, 6) is 0.248. The molecule has 1 aromatic heterocycles. The van der Waals surface area contributed by atoms with Crippen LogP contribution in [0.2, 0.25) is 0 Å². The molecule has 0 aliphatic carbocycles. The number of nitrogens with zero attached hydrogens (tertiary/aromatic N) is 1. The van der Waals surface area contributed by atoms with Crippen molar-refractivity contribution < 1.29 is 22.7 Å². The van der Waals surface area contributed by atoms with Crippen molar-refractivity contribution >= 4 is 22.7 Å². The second-order valence-corrected chi connectivity index (χ2v) is 6.14. The highest BCUT2D eigenvalue weighted by Gasteiger charge is 2.30. The van der Waals surface area contributed by atoms with Crippen LogP contribution in [0.4, 0.5) is 18.9 Å². The first kappa shape index (κ1) is 29.9. The van der Waals surface area contributed by atoms with E-state index in [4.69, 9.17) is 10.5 Å².